The fourth-order valence-corrected chi connectivity index (χ4v) is 4.52. The van der Waals surface area contributed by atoms with Crippen LogP contribution in [0.3, 0.4) is 0 Å². The monoisotopic (exact) mass is 452 g/mol. The molecule has 0 amide bonds. The molecule has 0 saturated carbocycles. The van der Waals surface area contributed by atoms with Gasteiger partial charge in [-0.05, 0) is 89.4 Å². The number of hydrogen-bond donors (Lipinski definition) is 3. The first-order valence-corrected chi connectivity index (χ1v) is 11.8. The molecule has 0 heterocycles. The molecule has 0 aliphatic heterocycles. The van der Waals surface area contributed by atoms with Crippen LogP contribution in [0.25, 0.3) is 0 Å². The molecule has 3 N–H and O–H groups in total. The van der Waals surface area contributed by atoms with Crippen LogP contribution in [0.5, 0.6) is 17.2 Å². The van der Waals surface area contributed by atoms with Gasteiger partial charge in [-0.25, -0.2) is 0 Å². The molecule has 3 heteroatoms. The Labute approximate surface area is 202 Å². The Morgan fingerprint density at radius 3 is 1.50 bits per heavy atom. The van der Waals surface area contributed by atoms with Crippen molar-refractivity contribution in [2.24, 2.45) is 0 Å². The zero-order valence-electron chi connectivity index (χ0n) is 19.8. The van der Waals surface area contributed by atoms with E-state index in [9.17, 15) is 15.3 Å². The number of rotatable bonds is 8. The van der Waals surface area contributed by atoms with E-state index in [4.69, 9.17) is 0 Å². The lowest BCUT2D eigenvalue weighted by atomic mass is 9.78. The van der Waals surface area contributed by atoms with Crippen LogP contribution in [0.2, 0.25) is 0 Å². The molecule has 1 unspecified atom stereocenters. The normalized spacial score (nSPS) is 12.4. The predicted octanol–water partition coefficient (Wildman–Crippen LogP) is 7.09. The Morgan fingerprint density at radius 1 is 0.559 bits per heavy atom. The molecule has 0 fully saturated rings. The average molecular weight is 453 g/mol. The second-order valence-corrected chi connectivity index (χ2v) is 9.57. The summed E-state index contributed by atoms with van der Waals surface area (Å²) in [6, 6.07) is 31.2. The zero-order chi connectivity index (χ0) is 24.1. The van der Waals surface area contributed by atoms with Gasteiger partial charge >= 0.3 is 0 Å². The fraction of sp³-hybridized carbons (Fsp3) is 0.226. The van der Waals surface area contributed by atoms with E-state index in [1.165, 1.54) is 27.8 Å². The summed E-state index contributed by atoms with van der Waals surface area (Å²) in [5, 5.41) is 28.9. The SMILES string of the molecule is CC(C)(c1ccc(O)cc1)c1ccc(CCC(Cc2ccc(O)cc2)c2ccc(O)cc2)cc1. The first-order chi connectivity index (χ1) is 16.3. The molecule has 174 valence electrons. The van der Waals surface area contributed by atoms with Crippen LogP contribution in [0, 0.1) is 0 Å². The number of aromatic hydroxyl groups is 3. The van der Waals surface area contributed by atoms with Gasteiger partial charge in [0.1, 0.15) is 17.2 Å². The van der Waals surface area contributed by atoms with Gasteiger partial charge < -0.3 is 15.3 Å². The topological polar surface area (TPSA) is 60.7 Å². The van der Waals surface area contributed by atoms with Gasteiger partial charge in [0.2, 0.25) is 0 Å². The molecule has 4 rings (SSSR count). The van der Waals surface area contributed by atoms with Gasteiger partial charge in [-0.15, -0.1) is 0 Å². The summed E-state index contributed by atoms with van der Waals surface area (Å²) >= 11 is 0. The van der Waals surface area contributed by atoms with E-state index < -0.39 is 0 Å². The highest BCUT2D eigenvalue weighted by Crippen LogP contribution is 2.33. The smallest absolute Gasteiger partial charge is 0.115 e. The van der Waals surface area contributed by atoms with Crippen molar-refractivity contribution in [3.8, 4) is 17.2 Å². The average Bonchev–Trinajstić information content (AvgIpc) is 2.84. The predicted molar refractivity (Wildman–Crippen MR) is 138 cm³/mol. The van der Waals surface area contributed by atoms with Crippen molar-refractivity contribution in [3.63, 3.8) is 0 Å². The van der Waals surface area contributed by atoms with E-state index in [1.54, 1.807) is 36.4 Å². The Bertz CT molecular complexity index is 1190. The third-order valence-corrected chi connectivity index (χ3v) is 6.83. The van der Waals surface area contributed by atoms with Crippen LogP contribution in [0.1, 0.15) is 54.0 Å². The van der Waals surface area contributed by atoms with Crippen molar-refractivity contribution in [1.82, 2.24) is 0 Å². The molecule has 0 radical (unpaired) electrons. The number of phenolic OH excluding ortho intramolecular Hbond substituents is 3. The molecule has 0 bridgehead atoms. The lowest BCUT2D eigenvalue weighted by Gasteiger charge is -2.26. The van der Waals surface area contributed by atoms with Gasteiger partial charge in [0.15, 0.2) is 0 Å². The maximum Gasteiger partial charge on any atom is 0.115 e. The van der Waals surface area contributed by atoms with Crippen LogP contribution in [-0.2, 0) is 18.3 Å². The minimum absolute atomic E-state index is 0.153. The minimum Gasteiger partial charge on any atom is -0.508 e. The first kappa shape index (κ1) is 23.4. The molecule has 0 aliphatic carbocycles. The van der Waals surface area contributed by atoms with Crippen LogP contribution < -0.4 is 0 Å². The fourth-order valence-electron chi connectivity index (χ4n) is 4.52. The van der Waals surface area contributed by atoms with Gasteiger partial charge in [0.05, 0.1) is 0 Å². The van der Waals surface area contributed by atoms with E-state index in [1.807, 2.05) is 36.4 Å². The highest BCUT2D eigenvalue weighted by atomic mass is 16.3. The molecule has 0 aromatic heterocycles. The largest absolute Gasteiger partial charge is 0.508 e. The number of hydrogen-bond acceptors (Lipinski definition) is 3. The van der Waals surface area contributed by atoms with E-state index in [0.717, 1.165) is 19.3 Å². The van der Waals surface area contributed by atoms with Gasteiger partial charge in [-0.2, -0.15) is 0 Å². The Morgan fingerprint density at radius 2 is 0.971 bits per heavy atom. The highest BCUT2D eigenvalue weighted by molar-refractivity contribution is 5.41. The molecular weight excluding hydrogens is 420 g/mol. The van der Waals surface area contributed by atoms with Crippen LogP contribution in [0.15, 0.2) is 97.1 Å². The lowest BCUT2D eigenvalue weighted by Crippen LogP contribution is -2.18. The van der Waals surface area contributed by atoms with Crippen LogP contribution in [0.4, 0.5) is 0 Å². The molecular formula is C31H32O3. The van der Waals surface area contributed by atoms with Gasteiger partial charge in [0.25, 0.3) is 0 Å². The van der Waals surface area contributed by atoms with Crippen molar-refractivity contribution in [3.05, 3.63) is 125 Å². The first-order valence-electron chi connectivity index (χ1n) is 11.8. The van der Waals surface area contributed by atoms with Crippen molar-refractivity contribution in [2.45, 2.75) is 44.4 Å². The quantitative estimate of drug-likeness (QED) is 0.267. The summed E-state index contributed by atoms with van der Waals surface area (Å²) in [5.74, 6) is 1.14. The van der Waals surface area contributed by atoms with Crippen molar-refractivity contribution < 1.29 is 15.3 Å². The van der Waals surface area contributed by atoms with Crippen molar-refractivity contribution in [2.75, 3.05) is 0 Å². The minimum atomic E-state index is -0.153. The summed E-state index contributed by atoms with van der Waals surface area (Å²) in [4.78, 5) is 0. The third-order valence-electron chi connectivity index (χ3n) is 6.83. The third kappa shape index (κ3) is 5.60. The number of benzene rings is 4. The van der Waals surface area contributed by atoms with Crippen LogP contribution in [-0.4, -0.2) is 15.3 Å². The summed E-state index contributed by atoms with van der Waals surface area (Å²) in [6.07, 6.45) is 2.80. The maximum absolute atomic E-state index is 9.71. The maximum atomic E-state index is 9.71. The van der Waals surface area contributed by atoms with Gasteiger partial charge in [-0.3, -0.25) is 0 Å². The standard InChI is InChI=1S/C31H32O3/c1-31(2,27-13-19-30(34)20-14-27)26-11-4-22(5-12-26)3-8-25(24-9-17-29(33)18-10-24)21-23-6-15-28(32)16-7-23/h4-7,9-20,25,32-34H,3,8,21H2,1-2H3. The highest BCUT2D eigenvalue weighted by Gasteiger charge is 2.23. The molecule has 4 aromatic carbocycles. The lowest BCUT2D eigenvalue weighted by molar-refractivity contribution is 0.473. The van der Waals surface area contributed by atoms with Crippen molar-refractivity contribution in [1.29, 1.82) is 0 Å². The summed E-state index contributed by atoms with van der Waals surface area (Å²) < 4.78 is 0. The summed E-state index contributed by atoms with van der Waals surface area (Å²) in [5.41, 5.74) is 5.93. The molecule has 34 heavy (non-hydrogen) atoms. The Balaban J connectivity index is 1.48. The zero-order valence-corrected chi connectivity index (χ0v) is 19.8. The van der Waals surface area contributed by atoms with E-state index in [2.05, 4.69) is 38.1 Å². The Hall–Kier alpha value is -3.72. The molecule has 0 saturated heterocycles. The van der Waals surface area contributed by atoms with E-state index in [0.29, 0.717) is 5.92 Å². The number of phenols is 3. The molecule has 4 aromatic rings. The summed E-state index contributed by atoms with van der Waals surface area (Å²) in [6.45, 7) is 4.40. The molecule has 3 nitrogen and oxygen atoms in total. The second-order valence-electron chi connectivity index (χ2n) is 9.57. The Kier molecular flexibility index (Phi) is 6.93. The molecule has 1 atom stereocenters. The number of aryl methyl sites for hydroxylation is 1. The second kappa shape index (κ2) is 10.0. The van der Waals surface area contributed by atoms with Gasteiger partial charge in [0, 0.05) is 5.41 Å². The van der Waals surface area contributed by atoms with Crippen molar-refractivity contribution >= 4 is 0 Å². The molecule has 0 aliphatic rings. The van der Waals surface area contributed by atoms with Crippen LogP contribution >= 0.6 is 0 Å². The van der Waals surface area contributed by atoms with E-state index in [-0.39, 0.29) is 22.7 Å². The summed E-state index contributed by atoms with van der Waals surface area (Å²) in [7, 11) is 0. The molecule has 0 spiro atoms. The van der Waals surface area contributed by atoms with Gasteiger partial charge in [-0.1, -0.05) is 74.5 Å². The van der Waals surface area contributed by atoms with E-state index >= 15 is 0 Å².